The standard InChI is InChI=1S/C19H13BrN6O3S/c1-11-17(23-22-15-8-3-2-7-14(15)20)18(27)25(24-11)19-21-10-16(30-19)12-5-4-6-13(9-12)26(28)29/h2-10,24H,1H3. The molecule has 4 aromatic rings. The van der Waals surface area contributed by atoms with Crippen LogP contribution < -0.4 is 5.56 Å². The number of hydrogen-bond acceptors (Lipinski definition) is 7. The fourth-order valence-electron chi connectivity index (χ4n) is 2.70. The highest BCUT2D eigenvalue weighted by Gasteiger charge is 2.16. The van der Waals surface area contributed by atoms with Crippen LogP contribution in [0.1, 0.15) is 5.69 Å². The van der Waals surface area contributed by atoms with E-state index in [4.69, 9.17) is 0 Å². The minimum absolute atomic E-state index is 0.00916. The van der Waals surface area contributed by atoms with Crippen LogP contribution in [0, 0.1) is 17.0 Å². The molecule has 0 unspecified atom stereocenters. The highest BCUT2D eigenvalue weighted by Crippen LogP contribution is 2.31. The van der Waals surface area contributed by atoms with Gasteiger partial charge in [0.25, 0.3) is 5.69 Å². The predicted molar refractivity (Wildman–Crippen MR) is 117 cm³/mol. The minimum Gasteiger partial charge on any atom is -0.291 e. The van der Waals surface area contributed by atoms with Crippen LogP contribution in [0.2, 0.25) is 0 Å². The van der Waals surface area contributed by atoms with Gasteiger partial charge in [0.2, 0.25) is 5.13 Å². The van der Waals surface area contributed by atoms with Crippen LogP contribution in [0.25, 0.3) is 15.6 Å². The topological polar surface area (TPSA) is 119 Å². The van der Waals surface area contributed by atoms with E-state index in [1.807, 2.05) is 18.2 Å². The summed E-state index contributed by atoms with van der Waals surface area (Å²) in [7, 11) is 0. The van der Waals surface area contributed by atoms with Crippen molar-refractivity contribution < 1.29 is 4.92 Å². The van der Waals surface area contributed by atoms with Gasteiger partial charge in [0.15, 0.2) is 5.69 Å². The van der Waals surface area contributed by atoms with Gasteiger partial charge in [0.05, 0.1) is 21.2 Å². The van der Waals surface area contributed by atoms with E-state index in [0.29, 0.717) is 27.0 Å². The molecule has 0 amide bonds. The maximum absolute atomic E-state index is 12.8. The number of aromatic amines is 1. The van der Waals surface area contributed by atoms with Crippen LogP contribution in [0.15, 0.2) is 74.2 Å². The van der Waals surface area contributed by atoms with Crippen LogP contribution in [-0.4, -0.2) is 19.7 Å². The largest absolute Gasteiger partial charge is 0.301 e. The smallest absolute Gasteiger partial charge is 0.291 e. The van der Waals surface area contributed by atoms with Gasteiger partial charge < -0.3 is 0 Å². The molecule has 0 radical (unpaired) electrons. The zero-order valence-corrected chi connectivity index (χ0v) is 17.8. The number of H-pyrrole nitrogens is 1. The van der Waals surface area contributed by atoms with Gasteiger partial charge in [0, 0.05) is 28.4 Å². The SMILES string of the molecule is Cc1[nH]n(-c2ncc(-c3cccc([N+](=O)[O-])c3)s2)c(=O)c1N=Nc1ccccc1Br. The number of hydrogen-bond donors (Lipinski definition) is 1. The van der Waals surface area contributed by atoms with Gasteiger partial charge in [-0.2, -0.15) is 4.68 Å². The molecule has 9 nitrogen and oxygen atoms in total. The van der Waals surface area contributed by atoms with Crippen LogP contribution in [0.5, 0.6) is 0 Å². The minimum atomic E-state index is -0.452. The molecule has 0 bridgehead atoms. The van der Waals surface area contributed by atoms with Crippen LogP contribution in [-0.2, 0) is 0 Å². The quantitative estimate of drug-likeness (QED) is 0.222. The van der Waals surface area contributed by atoms with E-state index < -0.39 is 4.92 Å². The number of azo groups is 1. The van der Waals surface area contributed by atoms with Crippen LogP contribution in [0.4, 0.5) is 17.1 Å². The molecule has 0 aliphatic heterocycles. The van der Waals surface area contributed by atoms with Gasteiger partial charge in [-0.3, -0.25) is 20.0 Å². The average molecular weight is 485 g/mol. The number of nitrogens with one attached hydrogen (secondary N) is 1. The number of nitrogens with zero attached hydrogens (tertiary/aromatic N) is 5. The molecule has 4 rings (SSSR count). The highest BCUT2D eigenvalue weighted by atomic mass is 79.9. The van der Waals surface area contributed by atoms with E-state index >= 15 is 0 Å². The molecule has 1 N–H and O–H groups in total. The van der Waals surface area contributed by atoms with Crippen molar-refractivity contribution in [1.29, 1.82) is 0 Å². The second kappa shape index (κ2) is 8.13. The van der Waals surface area contributed by atoms with E-state index in [0.717, 1.165) is 4.47 Å². The lowest BCUT2D eigenvalue weighted by atomic mass is 10.2. The van der Waals surface area contributed by atoms with Gasteiger partial charge in [-0.25, -0.2) is 4.98 Å². The van der Waals surface area contributed by atoms with Crippen molar-refractivity contribution in [3.8, 4) is 15.6 Å². The monoisotopic (exact) mass is 484 g/mol. The van der Waals surface area contributed by atoms with Crippen LogP contribution >= 0.6 is 27.3 Å². The molecule has 30 heavy (non-hydrogen) atoms. The molecule has 0 saturated heterocycles. The van der Waals surface area contributed by atoms with Gasteiger partial charge in [-0.1, -0.05) is 35.6 Å². The summed E-state index contributed by atoms with van der Waals surface area (Å²) in [4.78, 5) is 28.4. The number of aryl methyl sites for hydroxylation is 1. The summed E-state index contributed by atoms with van der Waals surface area (Å²) in [6, 6.07) is 13.6. The molecule has 0 aliphatic carbocycles. The third-order valence-electron chi connectivity index (χ3n) is 4.18. The highest BCUT2D eigenvalue weighted by molar-refractivity contribution is 9.10. The molecular weight excluding hydrogens is 472 g/mol. The van der Waals surface area contributed by atoms with Crippen molar-refractivity contribution in [2.24, 2.45) is 10.2 Å². The lowest BCUT2D eigenvalue weighted by molar-refractivity contribution is -0.384. The summed E-state index contributed by atoms with van der Waals surface area (Å²) < 4.78 is 2.05. The first-order chi connectivity index (χ1) is 14.4. The summed E-state index contributed by atoms with van der Waals surface area (Å²) in [5.74, 6) is 0. The third kappa shape index (κ3) is 3.84. The molecule has 2 heterocycles. The summed E-state index contributed by atoms with van der Waals surface area (Å²) in [6.45, 7) is 1.72. The summed E-state index contributed by atoms with van der Waals surface area (Å²) >= 11 is 4.62. The summed E-state index contributed by atoms with van der Waals surface area (Å²) in [5.41, 5.74) is 1.58. The maximum Gasteiger partial charge on any atom is 0.301 e. The molecule has 11 heteroatoms. The van der Waals surface area contributed by atoms with Gasteiger partial charge in [-0.15, -0.1) is 10.2 Å². The zero-order chi connectivity index (χ0) is 21.3. The van der Waals surface area contributed by atoms with Crippen molar-refractivity contribution in [3.63, 3.8) is 0 Å². The van der Waals surface area contributed by atoms with E-state index in [-0.39, 0.29) is 16.9 Å². The zero-order valence-electron chi connectivity index (χ0n) is 15.4. The Morgan fingerprint density at radius 3 is 2.77 bits per heavy atom. The van der Waals surface area contributed by atoms with E-state index in [1.54, 1.807) is 31.3 Å². The second-order valence-electron chi connectivity index (χ2n) is 6.19. The fourth-order valence-corrected chi connectivity index (χ4v) is 3.94. The lowest BCUT2D eigenvalue weighted by Gasteiger charge is -1.97. The number of non-ortho nitro benzene ring substituents is 1. The first-order valence-corrected chi connectivity index (χ1v) is 10.2. The third-order valence-corrected chi connectivity index (χ3v) is 5.88. The Hall–Kier alpha value is -3.44. The van der Waals surface area contributed by atoms with Crippen molar-refractivity contribution >= 4 is 44.3 Å². The Balaban J connectivity index is 1.68. The number of thiazole rings is 1. The van der Waals surface area contributed by atoms with E-state index in [9.17, 15) is 14.9 Å². The van der Waals surface area contributed by atoms with Crippen molar-refractivity contribution in [2.75, 3.05) is 0 Å². The Kier molecular flexibility index (Phi) is 5.38. The lowest BCUT2D eigenvalue weighted by Crippen LogP contribution is -2.13. The van der Waals surface area contributed by atoms with E-state index in [2.05, 4.69) is 36.2 Å². The Morgan fingerprint density at radius 2 is 2.00 bits per heavy atom. The molecule has 0 atom stereocenters. The molecule has 0 fully saturated rings. The molecule has 2 aromatic carbocycles. The van der Waals surface area contributed by atoms with Gasteiger partial charge >= 0.3 is 5.56 Å². The van der Waals surface area contributed by atoms with Crippen molar-refractivity contribution in [3.05, 3.63) is 85.4 Å². The fraction of sp³-hybridized carbons (Fsp3) is 0.0526. The van der Waals surface area contributed by atoms with Gasteiger partial charge in [0.1, 0.15) is 0 Å². The molecular formula is C19H13BrN6O3S. The molecule has 2 aromatic heterocycles. The second-order valence-corrected chi connectivity index (χ2v) is 8.06. The Bertz CT molecular complexity index is 1340. The first-order valence-electron chi connectivity index (χ1n) is 8.63. The van der Waals surface area contributed by atoms with Crippen LogP contribution in [0.3, 0.4) is 0 Å². The van der Waals surface area contributed by atoms with E-state index in [1.165, 1.54) is 28.2 Å². The molecule has 0 spiro atoms. The Labute approximate surface area is 182 Å². The number of nitro groups is 1. The molecule has 0 aliphatic rings. The first kappa shape index (κ1) is 19.9. The number of nitro benzene ring substituents is 1. The Morgan fingerprint density at radius 1 is 1.20 bits per heavy atom. The number of halogens is 1. The van der Waals surface area contributed by atoms with Crippen molar-refractivity contribution in [2.45, 2.75) is 6.92 Å². The number of rotatable bonds is 5. The maximum atomic E-state index is 12.8. The summed E-state index contributed by atoms with van der Waals surface area (Å²) in [6.07, 6.45) is 1.57. The van der Waals surface area contributed by atoms with Crippen molar-refractivity contribution in [1.82, 2.24) is 14.8 Å². The predicted octanol–water partition coefficient (Wildman–Crippen LogP) is 5.68. The number of benzene rings is 2. The normalized spacial score (nSPS) is 11.3. The molecule has 150 valence electrons. The summed E-state index contributed by atoms with van der Waals surface area (Å²) in [5, 5.41) is 22.6. The molecule has 0 saturated carbocycles. The average Bonchev–Trinajstić information content (AvgIpc) is 3.33. The number of aromatic nitrogens is 3. The van der Waals surface area contributed by atoms with Gasteiger partial charge in [-0.05, 0) is 35.0 Å².